The van der Waals surface area contributed by atoms with Crippen molar-refractivity contribution in [3.63, 3.8) is 0 Å². The Morgan fingerprint density at radius 2 is 1.67 bits per heavy atom. The molecular weight excluding hydrogens is 240 g/mol. The van der Waals surface area contributed by atoms with Crippen molar-refractivity contribution in [1.82, 2.24) is 0 Å². The van der Waals surface area contributed by atoms with Gasteiger partial charge < -0.3 is 5.11 Å². The molecule has 2 rings (SSSR count). The number of benzene rings is 2. The zero-order valence-corrected chi connectivity index (χ0v) is 10.9. The minimum absolute atomic E-state index is 0.735. The summed E-state index contributed by atoms with van der Waals surface area (Å²) in [5.74, 6) is 5.82. The molecule has 90 valence electrons. The van der Waals surface area contributed by atoms with Crippen LogP contribution < -0.4 is 0 Å². The van der Waals surface area contributed by atoms with Crippen molar-refractivity contribution in [2.75, 3.05) is 6.26 Å². The van der Waals surface area contributed by atoms with Gasteiger partial charge in [0, 0.05) is 10.5 Å². The van der Waals surface area contributed by atoms with Gasteiger partial charge in [-0.05, 0) is 36.1 Å². The first-order valence-corrected chi connectivity index (χ1v) is 6.90. The lowest BCUT2D eigenvalue weighted by Crippen LogP contribution is -1.93. The lowest BCUT2D eigenvalue weighted by molar-refractivity contribution is 0.238. The molecule has 0 saturated heterocycles. The second-order valence-electron chi connectivity index (χ2n) is 3.81. The molecule has 2 aromatic rings. The van der Waals surface area contributed by atoms with Crippen LogP contribution >= 0.6 is 11.8 Å². The number of hydrogen-bond donors (Lipinski definition) is 1. The lowest BCUT2D eigenvalue weighted by Gasteiger charge is -2.04. The second kappa shape index (κ2) is 6.30. The molecule has 0 unspecified atom stereocenters. The van der Waals surface area contributed by atoms with E-state index >= 15 is 0 Å². The summed E-state index contributed by atoms with van der Waals surface area (Å²) in [6.45, 7) is 0. The van der Waals surface area contributed by atoms with Crippen LogP contribution in [0.5, 0.6) is 0 Å². The fourth-order valence-corrected chi connectivity index (χ4v) is 1.95. The van der Waals surface area contributed by atoms with Gasteiger partial charge in [-0.1, -0.05) is 42.2 Å². The van der Waals surface area contributed by atoms with E-state index in [2.05, 4.69) is 11.8 Å². The smallest absolute Gasteiger partial charge is 0.140 e. The summed E-state index contributed by atoms with van der Waals surface area (Å²) in [5, 5.41) is 9.97. The Hall–Kier alpha value is -1.69. The van der Waals surface area contributed by atoms with Gasteiger partial charge >= 0.3 is 0 Å². The molecule has 0 radical (unpaired) electrons. The molecule has 0 aromatic heterocycles. The molecule has 0 aliphatic heterocycles. The van der Waals surface area contributed by atoms with Crippen molar-refractivity contribution in [1.29, 1.82) is 0 Å². The van der Waals surface area contributed by atoms with E-state index in [9.17, 15) is 5.11 Å². The third kappa shape index (κ3) is 3.40. The predicted octanol–water partition coefficient (Wildman–Crippen LogP) is 3.49. The standard InChI is InChI=1S/C16H14OS/c1-18-15-10-8-14(9-11-15)16(17)12-7-13-5-3-2-4-6-13/h2-6,8-11,16-17H,1H3/t16-/m1/s1. The van der Waals surface area contributed by atoms with E-state index in [1.54, 1.807) is 11.8 Å². The maximum Gasteiger partial charge on any atom is 0.140 e. The maximum atomic E-state index is 9.97. The molecular formula is C16H14OS. The van der Waals surface area contributed by atoms with Crippen LogP contribution in [0.3, 0.4) is 0 Å². The SMILES string of the molecule is CSc1ccc([C@H](O)C#Cc2ccccc2)cc1. The van der Waals surface area contributed by atoms with Crippen LogP contribution in [0.15, 0.2) is 59.5 Å². The van der Waals surface area contributed by atoms with Crippen LogP contribution in [0.1, 0.15) is 17.2 Å². The van der Waals surface area contributed by atoms with Crippen molar-refractivity contribution in [2.45, 2.75) is 11.0 Å². The molecule has 0 bridgehead atoms. The number of rotatable bonds is 2. The van der Waals surface area contributed by atoms with Crippen LogP contribution in [0.4, 0.5) is 0 Å². The molecule has 0 aliphatic carbocycles. The van der Waals surface area contributed by atoms with E-state index in [4.69, 9.17) is 0 Å². The summed E-state index contributed by atoms with van der Waals surface area (Å²) in [7, 11) is 0. The van der Waals surface area contributed by atoms with E-state index in [-0.39, 0.29) is 0 Å². The van der Waals surface area contributed by atoms with Gasteiger partial charge in [-0.15, -0.1) is 11.8 Å². The number of thioether (sulfide) groups is 1. The van der Waals surface area contributed by atoms with Gasteiger partial charge in [-0.2, -0.15) is 0 Å². The van der Waals surface area contributed by atoms with Crippen LogP contribution in [0.2, 0.25) is 0 Å². The molecule has 0 fully saturated rings. The van der Waals surface area contributed by atoms with E-state index in [1.165, 1.54) is 4.90 Å². The van der Waals surface area contributed by atoms with Crippen molar-refractivity contribution in [2.24, 2.45) is 0 Å². The van der Waals surface area contributed by atoms with Crippen molar-refractivity contribution in [3.8, 4) is 11.8 Å². The van der Waals surface area contributed by atoms with Gasteiger partial charge in [0.15, 0.2) is 0 Å². The largest absolute Gasteiger partial charge is 0.376 e. The highest BCUT2D eigenvalue weighted by molar-refractivity contribution is 7.98. The van der Waals surface area contributed by atoms with Crippen molar-refractivity contribution >= 4 is 11.8 Å². The highest BCUT2D eigenvalue weighted by Gasteiger charge is 2.02. The molecule has 1 N–H and O–H groups in total. The topological polar surface area (TPSA) is 20.2 Å². The molecule has 1 nitrogen and oxygen atoms in total. The number of aliphatic hydroxyl groups is 1. The Morgan fingerprint density at radius 1 is 1.00 bits per heavy atom. The zero-order chi connectivity index (χ0) is 12.8. The molecule has 1 atom stereocenters. The van der Waals surface area contributed by atoms with Crippen LogP contribution in [-0.4, -0.2) is 11.4 Å². The van der Waals surface area contributed by atoms with Gasteiger partial charge in [0.05, 0.1) is 0 Å². The summed E-state index contributed by atoms with van der Waals surface area (Å²) < 4.78 is 0. The average molecular weight is 254 g/mol. The molecule has 2 heteroatoms. The molecule has 0 amide bonds. The number of aliphatic hydroxyl groups excluding tert-OH is 1. The Bertz CT molecular complexity index is 549. The van der Waals surface area contributed by atoms with Gasteiger partial charge in [-0.25, -0.2) is 0 Å². The van der Waals surface area contributed by atoms with E-state index in [0.717, 1.165) is 11.1 Å². The highest BCUT2D eigenvalue weighted by atomic mass is 32.2. The normalized spacial score (nSPS) is 11.4. The Balaban J connectivity index is 2.12. The Labute approximate surface area is 112 Å². The summed E-state index contributed by atoms with van der Waals surface area (Å²) >= 11 is 1.68. The fraction of sp³-hybridized carbons (Fsp3) is 0.125. The van der Waals surface area contributed by atoms with E-state index < -0.39 is 6.10 Å². The Kier molecular flexibility index (Phi) is 4.46. The first kappa shape index (κ1) is 12.8. The van der Waals surface area contributed by atoms with Gasteiger partial charge in [0.25, 0.3) is 0 Å². The third-order valence-corrected chi connectivity index (χ3v) is 3.30. The third-order valence-electron chi connectivity index (χ3n) is 2.56. The molecule has 0 aliphatic rings. The first-order valence-electron chi connectivity index (χ1n) is 5.68. The average Bonchev–Trinajstić information content (AvgIpc) is 2.46. The molecule has 18 heavy (non-hydrogen) atoms. The molecule has 0 saturated carbocycles. The summed E-state index contributed by atoms with van der Waals surface area (Å²) in [4.78, 5) is 1.18. The maximum absolute atomic E-state index is 9.97. The minimum Gasteiger partial charge on any atom is -0.376 e. The fourth-order valence-electron chi connectivity index (χ4n) is 1.54. The van der Waals surface area contributed by atoms with Gasteiger partial charge in [0.2, 0.25) is 0 Å². The summed E-state index contributed by atoms with van der Waals surface area (Å²) in [5.41, 5.74) is 1.74. The molecule has 2 aromatic carbocycles. The summed E-state index contributed by atoms with van der Waals surface area (Å²) in [6, 6.07) is 17.5. The van der Waals surface area contributed by atoms with Crippen LogP contribution in [0, 0.1) is 11.8 Å². The van der Waals surface area contributed by atoms with E-state index in [0.29, 0.717) is 0 Å². The Morgan fingerprint density at radius 3 is 2.28 bits per heavy atom. The second-order valence-corrected chi connectivity index (χ2v) is 4.69. The van der Waals surface area contributed by atoms with Crippen molar-refractivity contribution < 1.29 is 5.11 Å². The monoisotopic (exact) mass is 254 g/mol. The lowest BCUT2D eigenvalue weighted by atomic mass is 10.1. The molecule has 0 spiro atoms. The quantitative estimate of drug-likeness (QED) is 0.654. The predicted molar refractivity (Wildman–Crippen MR) is 76.5 cm³/mol. The zero-order valence-electron chi connectivity index (χ0n) is 10.1. The first-order chi connectivity index (χ1) is 8.79. The van der Waals surface area contributed by atoms with Crippen LogP contribution in [0.25, 0.3) is 0 Å². The van der Waals surface area contributed by atoms with Crippen molar-refractivity contribution in [3.05, 3.63) is 65.7 Å². The number of hydrogen-bond acceptors (Lipinski definition) is 2. The van der Waals surface area contributed by atoms with Crippen LogP contribution in [-0.2, 0) is 0 Å². The highest BCUT2D eigenvalue weighted by Crippen LogP contribution is 2.18. The minimum atomic E-state index is -0.735. The van der Waals surface area contributed by atoms with E-state index in [1.807, 2.05) is 60.9 Å². The summed E-state index contributed by atoms with van der Waals surface area (Å²) in [6.07, 6.45) is 1.29. The molecule has 0 heterocycles. The van der Waals surface area contributed by atoms with Gasteiger partial charge in [-0.3, -0.25) is 0 Å². The van der Waals surface area contributed by atoms with Gasteiger partial charge in [0.1, 0.15) is 6.10 Å².